The van der Waals surface area contributed by atoms with Crippen molar-refractivity contribution in [3.8, 4) is 0 Å². The largest absolute Gasteiger partial charge is 0.308 e. The normalized spacial score (nSPS) is 19.0. The Labute approximate surface area is 128 Å². The van der Waals surface area contributed by atoms with Crippen molar-refractivity contribution in [2.24, 2.45) is 0 Å². The summed E-state index contributed by atoms with van der Waals surface area (Å²) in [6.45, 7) is 3.48. The first-order valence-corrected chi connectivity index (χ1v) is 8.19. The first-order chi connectivity index (χ1) is 10.3. The number of likely N-dealkylation sites (tertiary alicyclic amines) is 1. The van der Waals surface area contributed by atoms with Crippen LogP contribution in [0.15, 0.2) is 29.2 Å². The second kappa shape index (κ2) is 9.15. The lowest BCUT2D eigenvalue weighted by Crippen LogP contribution is -2.26. The average Bonchev–Trinajstić information content (AvgIpc) is 2.99. The third-order valence-corrected chi connectivity index (χ3v) is 4.59. The molecule has 0 amide bonds. The molecule has 1 unspecified atom stereocenters. The summed E-state index contributed by atoms with van der Waals surface area (Å²) in [5.41, 5.74) is 0.735. The Balaban J connectivity index is 1.55. The third-order valence-electron chi connectivity index (χ3n) is 3.56. The molecule has 0 bridgehead atoms. The Kier molecular flexibility index (Phi) is 7.15. The number of carbonyl (C=O) groups is 1. The highest BCUT2D eigenvalue weighted by atomic mass is 32.2. The van der Waals surface area contributed by atoms with E-state index in [0.717, 1.165) is 55.1 Å². The Morgan fingerprint density at radius 1 is 1.48 bits per heavy atom. The van der Waals surface area contributed by atoms with Crippen LogP contribution >= 0.6 is 11.8 Å². The van der Waals surface area contributed by atoms with Crippen LogP contribution in [-0.4, -0.2) is 49.3 Å². The van der Waals surface area contributed by atoms with E-state index in [4.69, 9.17) is 0 Å². The number of hydrogen-bond donors (Lipinski definition) is 1. The van der Waals surface area contributed by atoms with Gasteiger partial charge in [-0.25, -0.2) is 0 Å². The van der Waals surface area contributed by atoms with E-state index in [2.05, 4.69) is 15.2 Å². The van der Waals surface area contributed by atoms with Gasteiger partial charge in [0.25, 0.3) is 0 Å². The Morgan fingerprint density at radius 2 is 2.33 bits per heavy atom. The Bertz CT molecular complexity index is 447. The second-order valence-corrected chi connectivity index (χ2v) is 6.12. The van der Waals surface area contributed by atoms with Crippen LogP contribution in [0.4, 0.5) is 4.53 Å². The second-order valence-electron chi connectivity index (χ2n) is 5.10. The molecule has 1 fully saturated rings. The van der Waals surface area contributed by atoms with Gasteiger partial charge in [-0.1, -0.05) is 18.2 Å². The van der Waals surface area contributed by atoms with E-state index < -0.39 is 0 Å². The number of nitrogens with one attached hydrogen (secondary N) is 1. The minimum absolute atomic E-state index is 0.242. The molecule has 1 N–H and O–H groups in total. The van der Waals surface area contributed by atoms with E-state index >= 15 is 0 Å². The summed E-state index contributed by atoms with van der Waals surface area (Å²) in [5, 5.41) is 3.35. The van der Waals surface area contributed by atoms with Crippen molar-refractivity contribution in [3.05, 3.63) is 29.8 Å². The molecule has 21 heavy (non-hydrogen) atoms. The first-order valence-electron chi connectivity index (χ1n) is 7.21. The molecule has 1 aliphatic rings. The van der Waals surface area contributed by atoms with Gasteiger partial charge in [0.1, 0.15) is 6.10 Å². The molecular weight excluding hydrogens is 291 g/mol. The van der Waals surface area contributed by atoms with Crippen molar-refractivity contribution in [2.45, 2.75) is 23.8 Å². The van der Waals surface area contributed by atoms with E-state index in [0.29, 0.717) is 6.54 Å². The summed E-state index contributed by atoms with van der Waals surface area (Å²) in [6.07, 6.45) is 2.45. The predicted octanol–water partition coefficient (Wildman–Crippen LogP) is 2.50. The maximum atomic E-state index is 12.0. The number of nitrogens with zero attached hydrogens (tertiary/aromatic N) is 1. The molecule has 1 aliphatic heterocycles. The van der Waals surface area contributed by atoms with Crippen LogP contribution in [0.2, 0.25) is 0 Å². The van der Waals surface area contributed by atoms with E-state index in [1.165, 1.54) is 0 Å². The van der Waals surface area contributed by atoms with Gasteiger partial charge in [0.05, 0.1) is 0 Å². The van der Waals surface area contributed by atoms with Crippen LogP contribution in [0.1, 0.15) is 23.2 Å². The summed E-state index contributed by atoms with van der Waals surface area (Å²) in [5.74, 6) is 0.779. The number of benzene rings is 1. The smallest absolute Gasteiger partial charge is 0.151 e. The molecule has 0 aliphatic carbocycles. The minimum atomic E-state index is -0.242. The van der Waals surface area contributed by atoms with Gasteiger partial charge in [0.15, 0.2) is 6.29 Å². The van der Waals surface area contributed by atoms with Crippen LogP contribution in [0.5, 0.6) is 0 Å². The van der Waals surface area contributed by atoms with Gasteiger partial charge in [-0.2, -0.15) is 4.94 Å². The van der Waals surface area contributed by atoms with Crippen molar-refractivity contribution in [1.29, 1.82) is 0 Å². The van der Waals surface area contributed by atoms with Gasteiger partial charge < -0.3 is 10.2 Å². The highest BCUT2D eigenvalue weighted by molar-refractivity contribution is 7.99. The molecule has 116 valence electrons. The van der Waals surface area contributed by atoms with Crippen LogP contribution in [0, 0.1) is 0 Å². The summed E-state index contributed by atoms with van der Waals surface area (Å²) < 4.78 is 12.0. The number of thioether (sulfide) groups is 1. The molecular formula is C15H21FN2O2S. The first kappa shape index (κ1) is 16.4. The van der Waals surface area contributed by atoms with Crippen molar-refractivity contribution < 1.29 is 14.3 Å². The van der Waals surface area contributed by atoms with Gasteiger partial charge in [-0.3, -0.25) is 4.79 Å². The lowest BCUT2D eigenvalue weighted by Gasteiger charge is -2.14. The predicted molar refractivity (Wildman–Crippen MR) is 82.2 cm³/mol. The Morgan fingerprint density at radius 3 is 3.10 bits per heavy atom. The molecule has 2 rings (SSSR count). The number of carbonyl (C=O) groups excluding carboxylic acids is 1. The fourth-order valence-electron chi connectivity index (χ4n) is 2.41. The summed E-state index contributed by atoms with van der Waals surface area (Å²) in [4.78, 5) is 18.0. The van der Waals surface area contributed by atoms with Crippen LogP contribution in [-0.2, 0) is 4.94 Å². The monoisotopic (exact) mass is 312 g/mol. The minimum Gasteiger partial charge on any atom is -0.308 e. The summed E-state index contributed by atoms with van der Waals surface area (Å²) in [6, 6.07) is 7.58. The van der Waals surface area contributed by atoms with Gasteiger partial charge >= 0.3 is 0 Å². The zero-order valence-corrected chi connectivity index (χ0v) is 12.8. The standard InChI is InChI=1S/C15H21FN2O2S/c16-20-14-6-9-18(10-14)8-3-7-17-12-21-15-5-2-1-4-13(15)11-19/h1-2,4-5,11,14,17H,3,6-10,12H2. The fraction of sp³-hybridized carbons (Fsp3) is 0.533. The van der Waals surface area contributed by atoms with E-state index in [9.17, 15) is 9.32 Å². The molecule has 6 heteroatoms. The lowest BCUT2D eigenvalue weighted by atomic mass is 10.2. The third kappa shape index (κ3) is 5.39. The number of hydrogen-bond acceptors (Lipinski definition) is 5. The van der Waals surface area contributed by atoms with Gasteiger partial charge in [0, 0.05) is 29.4 Å². The van der Waals surface area contributed by atoms with Crippen molar-refractivity contribution in [2.75, 3.05) is 32.1 Å². The molecule has 0 aromatic heterocycles. The molecule has 1 aromatic rings. The van der Waals surface area contributed by atoms with E-state index in [1.807, 2.05) is 24.3 Å². The van der Waals surface area contributed by atoms with Crippen molar-refractivity contribution >= 4 is 18.0 Å². The summed E-state index contributed by atoms with van der Waals surface area (Å²) in [7, 11) is 0. The molecule has 1 atom stereocenters. The maximum Gasteiger partial charge on any atom is 0.151 e. The number of rotatable bonds is 9. The average molecular weight is 312 g/mol. The van der Waals surface area contributed by atoms with Crippen molar-refractivity contribution in [1.82, 2.24) is 10.2 Å². The van der Waals surface area contributed by atoms with Gasteiger partial charge in [-0.15, -0.1) is 11.8 Å². The highest BCUT2D eigenvalue weighted by Crippen LogP contribution is 2.20. The van der Waals surface area contributed by atoms with Crippen LogP contribution in [0.25, 0.3) is 0 Å². The molecule has 1 saturated heterocycles. The SMILES string of the molecule is O=Cc1ccccc1SCNCCCN1CCC(OF)C1. The highest BCUT2D eigenvalue weighted by Gasteiger charge is 2.22. The van der Waals surface area contributed by atoms with Crippen LogP contribution < -0.4 is 5.32 Å². The molecule has 0 spiro atoms. The zero-order valence-electron chi connectivity index (χ0n) is 12.0. The Hall–Kier alpha value is -0.950. The molecule has 4 nitrogen and oxygen atoms in total. The van der Waals surface area contributed by atoms with Crippen LogP contribution in [0.3, 0.4) is 0 Å². The van der Waals surface area contributed by atoms with Crippen molar-refractivity contribution in [3.63, 3.8) is 0 Å². The lowest BCUT2D eigenvalue weighted by molar-refractivity contribution is -0.173. The molecule has 0 radical (unpaired) electrons. The zero-order chi connectivity index (χ0) is 14.9. The van der Waals surface area contributed by atoms with Gasteiger partial charge in [0.2, 0.25) is 0 Å². The quantitative estimate of drug-likeness (QED) is 0.328. The molecule has 0 saturated carbocycles. The number of halogens is 1. The van der Waals surface area contributed by atoms with E-state index in [1.54, 1.807) is 11.8 Å². The molecule has 1 aromatic carbocycles. The fourth-order valence-corrected chi connectivity index (χ4v) is 3.27. The van der Waals surface area contributed by atoms with E-state index in [-0.39, 0.29) is 6.10 Å². The number of aldehydes is 1. The topological polar surface area (TPSA) is 41.6 Å². The summed E-state index contributed by atoms with van der Waals surface area (Å²) >= 11 is 1.63. The van der Waals surface area contributed by atoms with Gasteiger partial charge in [-0.05, 0) is 36.5 Å². The molecule has 1 heterocycles. The maximum absolute atomic E-state index is 12.0.